The maximum atomic E-state index is 12.5. The number of carbonyl (C=O) groups is 1. The quantitative estimate of drug-likeness (QED) is 0.466. The minimum atomic E-state index is -0.551. The zero-order chi connectivity index (χ0) is 23.4. The molecule has 31 heavy (non-hydrogen) atoms. The minimum Gasteiger partial charge on any atom is -0.444 e. The first kappa shape index (κ1) is 24.9. The van der Waals surface area contributed by atoms with Gasteiger partial charge in [0, 0.05) is 31.7 Å². The molecule has 8 nitrogen and oxygen atoms in total. The Balaban J connectivity index is 2.04. The summed E-state index contributed by atoms with van der Waals surface area (Å²) in [6, 6.07) is 5.49. The first-order valence-electron chi connectivity index (χ1n) is 11.0. The van der Waals surface area contributed by atoms with Crippen LogP contribution in [0.25, 0.3) is 0 Å². The van der Waals surface area contributed by atoms with Gasteiger partial charge in [-0.15, -0.1) is 0 Å². The van der Waals surface area contributed by atoms with Crippen molar-refractivity contribution in [2.75, 3.05) is 18.4 Å². The minimum absolute atomic E-state index is 0.0459. The lowest BCUT2D eigenvalue weighted by Crippen LogP contribution is -2.42. The maximum absolute atomic E-state index is 12.5. The number of ether oxygens (including phenoxy) is 1. The van der Waals surface area contributed by atoms with Crippen LogP contribution in [0.4, 0.5) is 16.2 Å². The normalized spacial score (nSPS) is 18.0. The number of nitrogens with one attached hydrogen (secondary N) is 2. The van der Waals surface area contributed by atoms with Crippen molar-refractivity contribution < 1.29 is 14.5 Å². The molecule has 1 aromatic rings. The summed E-state index contributed by atoms with van der Waals surface area (Å²) in [5, 5.41) is 18.3. The molecular formula is C23H38N4O4. The Bertz CT molecular complexity index is 783. The second-order valence-electron chi connectivity index (χ2n) is 10.4. The number of carbonyl (C=O) groups excluding carboxylic acids is 1. The first-order chi connectivity index (χ1) is 14.3. The molecule has 0 aromatic heterocycles. The van der Waals surface area contributed by atoms with E-state index in [0.717, 1.165) is 18.4 Å². The summed E-state index contributed by atoms with van der Waals surface area (Å²) in [6.45, 7) is 15.8. The molecule has 1 aromatic carbocycles. The molecule has 0 bridgehead atoms. The van der Waals surface area contributed by atoms with Gasteiger partial charge in [0.05, 0.1) is 11.0 Å². The van der Waals surface area contributed by atoms with Gasteiger partial charge in [0.25, 0.3) is 5.69 Å². The van der Waals surface area contributed by atoms with E-state index < -0.39 is 5.60 Å². The van der Waals surface area contributed by atoms with E-state index in [2.05, 4.69) is 38.3 Å². The Morgan fingerprint density at radius 2 is 1.97 bits per heavy atom. The number of nitro groups is 1. The third-order valence-electron chi connectivity index (χ3n) is 5.70. The van der Waals surface area contributed by atoms with E-state index >= 15 is 0 Å². The van der Waals surface area contributed by atoms with E-state index in [0.29, 0.717) is 25.3 Å². The third-order valence-corrected chi connectivity index (χ3v) is 5.70. The van der Waals surface area contributed by atoms with Crippen LogP contribution in [0.5, 0.6) is 0 Å². The van der Waals surface area contributed by atoms with E-state index in [1.807, 2.05) is 26.8 Å². The lowest BCUT2D eigenvalue weighted by molar-refractivity contribution is -0.384. The average Bonchev–Trinajstić information content (AvgIpc) is 3.11. The summed E-state index contributed by atoms with van der Waals surface area (Å²) >= 11 is 0. The molecule has 2 atom stereocenters. The lowest BCUT2D eigenvalue weighted by atomic mass is 9.88. The SMILES string of the molecule is C[C@H](NCc1ccc(NC[C@@H]2CCCN2C(=O)OC(C)(C)C)c([N+](=O)[O-])c1)C(C)(C)C. The van der Waals surface area contributed by atoms with E-state index in [4.69, 9.17) is 4.74 Å². The summed E-state index contributed by atoms with van der Waals surface area (Å²) < 4.78 is 5.50. The largest absolute Gasteiger partial charge is 0.444 e. The number of amides is 1. The molecule has 1 saturated heterocycles. The highest BCUT2D eigenvalue weighted by molar-refractivity contribution is 5.69. The number of hydrogen-bond donors (Lipinski definition) is 2. The van der Waals surface area contributed by atoms with Crippen LogP contribution in [0.2, 0.25) is 0 Å². The molecule has 1 aliphatic rings. The molecule has 1 heterocycles. The van der Waals surface area contributed by atoms with Gasteiger partial charge in [-0.05, 0) is 57.6 Å². The molecule has 2 N–H and O–H groups in total. The van der Waals surface area contributed by atoms with Crippen molar-refractivity contribution in [1.29, 1.82) is 0 Å². The molecule has 174 valence electrons. The molecule has 2 rings (SSSR count). The van der Waals surface area contributed by atoms with E-state index in [-0.39, 0.29) is 34.2 Å². The van der Waals surface area contributed by atoms with Crippen molar-refractivity contribution in [2.24, 2.45) is 5.41 Å². The fourth-order valence-corrected chi connectivity index (χ4v) is 3.40. The molecular weight excluding hydrogens is 396 g/mol. The van der Waals surface area contributed by atoms with Crippen molar-refractivity contribution >= 4 is 17.5 Å². The Hall–Kier alpha value is -2.35. The molecule has 8 heteroatoms. The van der Waals surface area contributed by atoms with Crippen molar-refractivity contribution in [3.63, 3.8) is 0 Å². The van der Waals surface area contributed by atoms with Gasteiger partial charge in [0.15, 0.2) is 0 Å². The van der Waals surface area contributed by atoms with Crippen LogP contribution in [-0.4, -0.2) is 46.7 Å². The van der Waals surface area contributed by atoms with Gasteiger partial charge in [-0.2, -0.15) is 0 Å². The summed E-state index contributed by atoms with van der Waals surface area (Å²) in [7, 11) is 0. The molecule has 0 aliphatic carbocycles. The van der Waals surface area contributed by atoms with Gasteiger partial charge in [-0.3, -0.25) is 10.1 Å². The molecule has 0 radical (unpaired) electrons. The van der Waals surface area contributed by atoms with Crippen molar-refractivity contribution in [3.05, 3.63) is 33.9 Å². The monoisotopic (exact) mass is 434 g/mol. The maximum Gasteiger partial charge on any atom is 0.410 e. The Morgan fingerprint density at radius 3 is 2.55 bits per heavy atom. The summed E-state index contributed by atoms with van der Waals surface area (Å²) in [4.78, 5) is 25.5. The van der Waals surface area contributed by atoms with Crippen molar-refractivity contribution in [1.82, 2.24) is 10.2 Å². The van der Waals surface area contributed by atoms with Crippen LogP contribution < -0.4 is 10.6 Å². The van der Waals surface area contributed by atoms with Crippen LogP contribution in [0.3, 0.4) is 0 Å². The molecule has 1 aliphatic heterocycles. The Labute approximate surface area is 185 Å². The summed E-state index contributed by atoms with van der Waals surface area (Å²) in [5.74, 6) is 0. The Morgan fingerprint density at radius 1 is 1.29 bits per heavy atom. The average molecular weight is 435 g/mol. The van der Waals surface area contributed by atoms with Crippen LogP contribution in [0, 0.1) is 15.5 Å². The van der Waals surface area contributed by atoms with Gasteiger partial charge >= 0.3 is 6.09 Å². The van der Waals surface area contributed by atoms with E-state index in [9.17, 15) is 14.9 Å². The summed E-state index contributed by atoms with van der Waals surface area (Å²) in [5.41, 5.74) is 0.933. The molecule has 0 saturated carbocycles. The van der Waals surface area contributed by atoms with Gasteiger partial charge in [-0.25, -0.2) is 4.79 Å². The lowest BCUT2D eigenvalue weighted by Gasteiger charge is -2.29. The van der Waals surface area contributed by atoms with Crippen LogP contribution in [0.1, 0.15) is 66.9 Å². The van der Waals surface area contributed by atoms with Crippen molar-refractivity contribution in [2.45, 2.75) is 85.5 Å². The zero-order valence-electron chi connectivity index (χ0n) is 19.9. The number of nitrogens with zero attached hydrogens (tertiary/aromatic N) is 2. The van der Waals surface area contributed by atoms with Gasteiger partial charge in [0.2, 0.25) is 0 Å². The smallest absolute Gasteiger partial charge is 0.410 e. The predicted molar refractivity (Wildman–Crippen MR) is 123 cm³/mol. The van der Waals surface area contributed by atoms with Gasteiger partial charge < -0.3 is 20.3 Å². The fraction of sp³-hybridized carbons (Fsp3) is 0.696. The first-order valence-corrected chi connectivity index (χ1v) is 11.0. The van der Waals surface area contributed by atoms with Crippen LogP contribution >= 0.6 is 0 Å². The third kappa shape index (κ3) is 7.38. The molecule has 0 spiro atoms. The highest BCUT2D eigenvalue weighted by Gasteiger charge is 2.32. The number of likely N-dealkylation sites (tertiary alicyclic amines) is 1. The highest BCUT2D eigenvalue weighted by atomic mass is 16.6. The number of nitro benzene ring substituents is 1. The molecule has 0 unspecified atom stereocenters. The fourth-order valence-electron chi connectivity index (χ4n) is 3.40. The molecule has 1 amide bonds. The van der Waals surface area contributed by atoms with Crippen LogP contribution in [0.15, 0.2) is 18.2 Å². The Kier molecular flexibility index (Phi) is 7.92. The number of anilines is 1. The number of rotatable bonds is 7. The summed E-state index contributed by atoms with van der Waals surface area (Å²) in [6.07, 6.45) is 1.40. The van der Waals surface area contributed by atoms with E-state index in [1.165, 1.54) is 0 Å². The van der Waals surface area contributed by atoms with Gasteiger partial charge in [-0.1, -0.05) is 26.8 Å². The highest BCUT2D eigenvalue weighted by Crippen LogP contribution is 2.28. The number of benzene rings is 1. The van der Waals surface area contributed by atoms with Crippen molar-refractivity contribution in [3.8, 4) is 0 Å². The standard InChI is InChI=1S/C23H38N4O4/c1-16(22(2,3)4)24-14-17-10-11-19(20(13-17)27(29)30)25-15-18-9-8-12-26(18)21(28)31-23(5,6)7/h10-11,13,16,18,24-25H,8-9,12,14-15H2,1-7H3/t16-,18-/m0/s1. The number of hydrogen-bond acceptors (Lipinski definition) is 6. The second-order valence-corrected chi connectivity index (χ2v) is 10.4. The van der Waals surface area contributed by atoms with E-state index in [1.54, 1.807) is 17.0 Å². The zero-order valence-corrected chi connectivity index (χ0v) is 19.9. The second kappa shape index (κ2) is 9.85. The van der Waals surface area contributed by atoms with Gasteiger partial charge in [0.1, 0.15) is 11.3 Å². The molecule has 1 fully saturated rings. The van der Waals surface area contributed by atoms with Crippen LogP contribution in [-0.2, 0) is 11.3 Å². The topological polar surface area (TPSA) is 96.7 Å². The predicted octanol–water partition coefficient (Wildman–Crippen LogP) is 4.93.